The minimum Gasteiger partial charge on any atom is -0.397 e. The number of halogens is 2. The van der Waals surface area contributed by atoms with Gasteiger partial charge in [0.1, 0.15) is 11.6 Å². The molecule has 0 atom stereocenters. The molecule has 0 spiro atoms. The number of anilines is 2. The number of rotatable bonds is 3. The van der Waals surface area contributed by atoms with Crippen molar-refractivity contribution in [2.45, 2.75) is 13.5 Å². The van der Waals surface area contributed by atoms with Gasteiger partial charge in [-0.05, 0) is 37.3 Å². The molecule has 0 aliphatic heterocycles. The molecule has 2 aromatic rings. The quantitative estimate of drug-likeness (QED) is 0.939. The third-order valence-electron chi connectivity index (χ3n) is 2.92. The van der Waals surface area contributed by atoms with E-state index in [9.17, 15) is 4.39 Å². The Kier molecular flexibility index (Phi) is 4.04. The van der Waals surface area contributed by atoms with Crippen LogP contribution in [0.5, 0.6) is 0 Å². The third kappa shape index (κ3) is 3.23. The van der Waals surface area contributed by atoms with Gasteiger partial charge in [-0.2, -0.15) is 0 Å². The number of hydrogen-bond acceptors (Lipinski definition) is 3. The van der Waals surface area contributed by atoms with Gasteiger partial charge in [-0.1, -0.05) is 15.9 Å². The Morgan fingerprint density at radius 2 is 2.05 bits per heavy atom. The summed E-state index contributed by atoms with van der Waals surface area (Å²) in [5, 5.41) is 0. The summed E-state index contributed by atoms with van der Waals surface area (Å²) in [4.78, 5) is 6.27. The van der Waals surface area contributed by atoms with Crippen molar-refractivity contribution < 1.29 is 4.39 Å². The van der Waals surface area contributed by atoms with Gasteiger partial charge in [0.25, 0.3) is 0 Å². The summed E-state index contributed by atoms with van der Waals surface area (Å²) in [7, 11) is 1.87. The number of benzene rings is 1. The van der Waals surface area contributed by atoms with Gasteiger partial charge < -0.3 is 10.6 Å². The molecule has 2 rings (SSSR count). The molecule has 1 aromatic carbocycles. The van der Waals surface area contributed by atoms with Crippen molar-refractivity contribution in [2.75, 3.05) is 17.7 Å². The maximum Gasteiger partial charge on any atom is 0.128 e. The van der Waals surface area contributed by atoms with Crippen LogP contribution in [0.15, 0.2) is 34.8 Å². The predicted molar refractivity (Wildman–Crippen MR) is 79.6 cm³/mol. The molecule has 0 radical (unpaired) electrons. The minimum atomic E-state index is -0.220. The molecule has 0 saturated heterocycles. The topological polar surface area (TPSA) is 42.2 Å². The van der Waals surface area contributed by atoms with E-state index < -0.39 is 0 Å². The lowest BCUT2D eigenvalue weighted by Crippen LogP contribution is -2.19. The van der Waals surface area contributed by atoms with E-state index in [2.05, 4.69) is 20.9 Å². The highest BCUT2D eigenvalue weighted by Crippen LogP contribution is 2.20. The fourth-order valence-corrected chi connectivity index (χ4v) is 2.18. The molecule has 2 N–H and O–H groups in total. The molecule has 1 heterocycles. The summed E-state index contributed by atoms with van der Waals surface area (Å²) >= 11 is 3.35. The van der Waals surface area contributed by atoms with Crippen LogP contribution in [0.3, 0.4) is 0 Å². The number of aromatic nitrogens is 1. The molecule has 0 unspecified atom stereocenters. The van der Waals surface area contributed by atoms with Gasteiger partial charge in [0.15, 0.2) is 0 Å². The molecular formula is C14H15BrFN3. The molecule has 100 valence electrons. The summed E-state index contributed by atoms with van der Waals surface area (Å²) in [5.41, 5.74) is 7.79. The molecule has 1 aromatic heterocycles. The van der Waals surface area contributed by atoms with Gasteiger partial charge in [0, 0.05) is 23.6 Å². The number of hydrogen-bond donors (Lipinski definition) is 1. The number of nitrogens with two attached hydrogens (primary N) is 1. The van der Waals surface area contributed by atoms with E-state index in [4.69, 9.17) is 5.73 Å². The number of nitrogens with zero attached hydrogens (tertiary/aromatic N) is 2. The zero-order valence-electron chi connectivity index (χ0n) is 10.8. The van der Waals surface area contributed by atoms with E-state index in [0.717, 1.165) is 16.0 Å². The first-order chi connectivity index (χ1) is 8.97. The molecule has 0 aliphatic rings. The van der Waals surface area contributed by atoms with Crippen molar-refractivity contribution in [1.82, 2.24) is 4.98 Å². The van der Waals surface area contributed by atoms with Gasteiger partial charge in [0.2, 0.25) is 0 Å². The van der Waals surface area contributed by atoms with Gasteiger partial charge >= 0.3 is 0 Å². The maximum absolute atomic E-state index is 13.7. The van der Waals surface area contributed by atoms with E-state index in [1.54, 1.807) is 12.1 Å². The number of nitrogen functional groups attached to an aromatic ring is 1. The Balaban J connectivity index is 2.22. The highest BCUT2D eigenvalue weighted by molar-refractivity contribution is 9.10. The Labute approximate surface area is 120 Å². The van der Waals surface area contributed by atoms with E-state index in [-0.39, 0.29) is 5.82 Å². The van der Waals surface area contributed by atoms with Crippen LogP contribution in [-0.2, 0) is 6.54 Å². The normalized spacial score (nSPS) is 10.5. The smallest absolute Gasteiger partial charge is 0.128 e. The standard InChI is InChI=1S/C14H15BrFN3/c1-9-13(17)5-6-14(18-9)19(2)8-10-7-11(15)3-4-12(10)16/h3-7H,8,17H2,1-2H3. The SMILES string of the molecule is Cc1nc(N(C)Cc2cc(Br)ccc2F)ccc1N. The first-order valence-corrected chi connectivity index (χ1v) is 6.65. The van der Waals surface area contributed by atoms with E-state index in [1.165, 1.54) is 6.07 Å². The average Bonchev–Trinajstić information content (AvgIpc) is 2.37. The summed E-state index contributed by atoms with van der Waals surface area (Å²) in [5.74, 6) is 0.549. The fourth-order valence-electron chi connectivity index (χ4n) is 1.77. The monoisotopic (exact) mass is 323 g/mol. The van der Waals surface area contributed by atoms with Gasteiger partial charge in [-0.25, -0.2) is 9.37 Å². The Hall–Kier alpha value is -1.62. The first-order valence-electron chi connectivity index (χ1n) is 5.85. The predicted octanol–water partition coefficient (Wildman–Crippen LogP) is 3.51. The second kappa shape index (κ2) is 5.57. The van der Waals surface area contributed by atoms with Crippen molar-refractivity contribution in [3.8, 4) is 0 Å². The minimum absolute atomic E-state index is 0.220. The van der Waals surface area contributed by atoms with E-state index in [1.807, 2.05) is 31.0 Å². The molecule has 19 heavy (non-hydrogen) atoms. The van der Waals surface area contributed by atoms with Gasteiger partial charge in [0.05, 0.1) is 11.4 Å². The van der Waals surface area contributed by atoms with Crippen LogP contribution in [0.4, 0.5) is 15.9 Å². The Morgan fingerprint density at radius 3 is 2.74 bits per heavy atom. The average molecular weight is 324 g/mol. The molecule has 0 saturated carbocycles. The second-order valence-corrected chi connectivity index (χ2v) is 5.35. The summed E-state index contributed by atoms with van der Waals surface area (Å²) < 4.78 is 14.6. The zero-order chi connectivity index (χ0) is 14.0. The molecule has 0 bridgehead atoms. The van der Waals surface area contributed by atoms with Crippen LogP contribution in [0.1, 0.15) is 11.3 Å². The lowest BCUT2D eigenvalue weighted by atomic mass is 10.2. The molecule has 0 amide bonds. The van der Waals surface area contributed by atoms with Crippen LogP contribution in [0.2, 0.25) is 0 Å². The fraction of sp³-hybridized carbons (Fsp3) is 0.214. The van der Waals surface area contributed by atoms with Gasteiger partial charge in [-0.15, -0.1) is 0 Å². The lowest BCUT2D eigenvalue weighted by Gasteiger charge is -2.19. The highest BCUT2D eigenvalue weighted by atomic mass is 79.9. The molecule has 0 fully saturated rings. The van der Waals surface area contributed by atoms with Crippen molar-refractivity contribution in [2.24, 2.45) is 0 Å². The largest absolute Gasteiger partial charge is 0.397 e. The zero-order valence-corrected chi connectivity index (χ0v) is 12.4. The van der Waals surface area contributed by atoms with Crippen molar-refractivity contribution >= 4 is 27.4 Å². The Morgan fingerprint density at radius 1 is 1.32 bits per heavy atom. The highest BCUT2D eigenvalue weighted by Gasteiger charge is 2.09. The van der Waals surface area contributed by atoms with Crippen LogP contribution >= 0.6 is 15.9 Å². The first kappa shape index (κ1) is 13.8. The van der Waals surface area contributed by atoms with Gasteiger partial charge in [-0.3, -0.25) is 0 Å². The van der Waals surface area contributed by atoms with Crippen LogP contribution in [0, 0.1) is 12.7 Å². The molecule has 0 aliphatic carbocycles. The van der Waals surface area contributed by atoms with Crippen LogP contribution in [0.25, 0.3) is 0 Å². The number of pyridine rings is 1. The third-order valence-corrected chi connectivity index (χ3v) is 3.41. The number of aryl methyl sites for hydroxylation is 1. The second-order valence-electron chi connectivity index (χ2n) is 4.44. The molecule has 3 nitrogen and oxygen atoms in total. The van der Waals surface area contributed by atoms with Crippen molar-refractivity contribution in [3.05, 3.63) is 51.9 Å². The summed E-state index contributed by atoms with van der Waals surface area (Å²) in [6.45, 7) is 2.30. The van der Waals surface area contributed by atoms with Crippen molar-refractivity contribution in [3.63, 3.8) is 0 Å². The molecule has 5 heteroatoms. The maximum atomic E-state index is 13.7. The van der Waals surface area contributed by atoms with Crippen LogP contribution in [-0.4, -0.2) is 12.0 Å². The van der Waals surface area contributed by atoms with Crippen molar-refractivity contribution in [1.29, 1.82) is 0 Å². The van der Waals surface area contributed by atoms with E-state index >= 15 is 0 Å². The lowest BCUT2D eigenvalue weighted by molar-refractivity contribution is 0.607. The van der Waals surface area contributed by atoms with Crippen LogP contribution < -0.4 is 10.6 Å². The Bertz CT molecular complexity index is 601. The summed E-state index contributed by atoms with van der Waals surface area (Å²) in [6, 6.07) is 8.55. The summed E-state index contributed by atoms with van der Waals surface area (Å²) in [6.07, 6.45) is 0. The van der Waals surface area contributed by atoms with E-state index in [0.29, 0.717) is 17.8 Å². The molecular weight excluding hydrogens is 309 g/mol.